The van der Waals surface area contributed by atoms with Crippen LogP contribution in [0.3, 0.4) is 0 Å². The van der Waals surface area contributed by atoms with E-state index in [1.165, 1.54) is 5.56 Å². The fraction of sp³-hybridized carbons (Fsp3) is 0.562. The molecule has 19 heavy (non-hydrogen) atoms. The summed E-state index contributed by atoms with van der Waals surface area (Å²) in [4.78, 5) is 12.0. The van der Waals surface area contributed by atoms with E-state index in [-0.39, 0.29) is 11.8 Å². The Hall–Kier alpha value is -1.35. The molecule has 0 spiro atoms. The first-order chi connectivity index (χ1) is 9.09. The Labute approximate surface area is 115 Å². The Morgan fingerprint density at radius 1 is 1.32 bits per heavy atom. The van der Waals surface area contributed by atoms with Gasteiger partial charge in [0.05, 0.1) is 5.60 Å². The van der Waals surface area contributed by atoms with Crippen LogP contribution >= 0.6 is 0 Å². The van der Waals surface area contributed by atoms with Crippen molar-refractivity contribution in [1.29, 1.82) is 0 Å². The molecule has 1 aliphatic carbocycles. The number of benzene rings is 1. The van der Waals surface area contributed by atoms with E-state index in [1.807, 2.05) is 32.0 Å². The zero-order chi connectivity index (χ0) is 13.9. The van der Waals surface area contributed by atoms with Crippen molar-refractivity contribution < 1.29 is 9.90 Å². The van der Waals surface area contributed by atoms with Gasteiger partial charge in [-0.15, -0.1) is 0 Å². The maximum atomic E-state index is 12.0. The zero-order valence-corrected chi connectivity index (χ0v) is 11.7. The summed E-state index contributed by atoms with van der Waals surface area (Å²) < 4.78 is 0. The van der Waals surface area contributed by atoms with Crippen LogP contribution in [0.1, 0.15) is 44.6 Å². The van der Waals surface area contributed by atoms with Gasteiger partial charge in [0, 0.05) is 12.5 Å². The predicted molar refractivity (Wildman–Crippen MR) is 75.8 cm³/mol. The molecule has 1 aliphatic rings. The minimum Gasteiger partial charge on any atom is -0.388 e. The fourth-order valence-electron chi connectivity index (χ4n) is 2.44. The van der Waals surface area contributed by atoms with Gasteiger partial charge < -0.3 is 10.4 Å². The average Bonchev–Trinajstić information content (AvgIpc) is 3.26. The summed E-state index contributed by atoms with van der Waals surface area (Å²) in [5.74, 6) is 0.520. The molecule has 2 N–H and O–H groups in total. The third kappa shape index (κ3) is 3.35. The largest absolute Gasteiger partial charge is 0.388 e. The van der Waals surface area contributed by atoms with E-state index >= 15 is 0 Å². The number of hydrogen-bond acceptors (Lipinski definition) is 2. The lowest BCUT2D eigenvalue weighted by molar-refractivity contribution is -0.123. The quantitative estimate of drug-likeness (QED) is 0.826. The molecular formula is C16H23NO2. The van der Waals surface area contributed by atoms with Crippen LogP contribution in [0.25, 0.3) is 0 Å². The van der Waals surface area contributed by atoms with Crippen molar-refractivity contribution in [2.45, 2.75) is 44.6 Å². The molecule has 1 fully saturated rings. The van der Waals surface area contributed by atoms with Crippen molar-refractivity contribution in [3.8, 4) is 0 Å². The van der Waals surface area contributed by atoms with Crippen molar-refractivity contribution in [2.75, 3.05) is 6.54 Å². The molecule has 2 rings (SSSR count). The maximum absolute atomic E-state index is 12.0. The van der Waals surface area contributed by atoms with Crippen molar-refractivity contribution >= 4 is 5.91 Å². The predicted octanol–water partition coefficient (Wildman–Crippen LogP) is 2.46. The Morgan fingerprint density at radius 3 is 2.53 bits per heavy atom. The molecule has 0 saturated heterocycles. The molecule has 1 amide bonds. The van der Waals surface area contributed by atoms with Crippen molar-refractivity contribution in [3.63, 3.8) is 0 Å². The highest BCUT2D eigenvalue weighted by molar-refractivity contribution is 5.82. The maximum Gasteiger partial charge on any atom is 0.223 e. The molecule has 1 aromatic carbocycles. The summed E-state index contributed by atoms with van der Waals surface area (Å²) in [5.41, 5.74) is 0.483. The Kier molecular flexibility index (Phi) is 4.25. The van der Waals surface area contributed by atoms with E-state index < -0.39 is 5.60 Å². The summed E-state index contributed by atoms with van der Waals surface area (Å²) in [7, 11) is 0. The van der Waals surface area contributed by atoms with E-state index in [0.29, 0.717) is 25.3 Å². The zero-order valence-electron chi connectivity index (χ0n) is 11.7. The van der Waals surface area contributed by atoms with Gasteiger partial charge in [-0.3, -0.25) is 4.79 Å². The van der Waals surface area contributed by atoms with Gasteiger partial charge in [-0.2, -0.15) is 0 Å². The average molecular weight is 261 g/mol. The lowest BCUT2D eigenvalue weighted by Gasteiger charge is -2.25. The van der Waals surface area contributed by atoms with E-state index in [9.17, 15) is 9.90 Å². The molecule has 2 atom stereocenters. The molecule has 0 heterocycles. The SMILES string of the molecule is CCC(O)(CC)CNC(=O)C1CC1c1ccccc1. The number of amides is 1. The molecule has 3 heteroatoms. The minimum atomic E-state index is -0.757. The second-order valence-electron chi connectivity index (χ2n) is 5.51. The van der Waals surface area contributed by atoms with Crippen LogP contribution in [0.2, 0.25) is 0 Å². The van der Waals surface area contributed by atoms with Gasteiger partial charge in [-0.05, 0) is 30.7 Å². The number of rotatable bonds is 6. The van der Waals surface area contributed by atoms with Gasteiger partial charge in [0.1, 0.15) is 0 Å². The second-order valence-corrected chi connectivity index (χ2v) is 5.51. The Bertz CT molecular complexity index is 426. The monoisotopic (exact) mass is 261 g/mol. The van der Waals surface area contributed by atoms with Gasteiger partial charge in [-0.25, -0.2) is 0 Å². The third-order valence-electron chi connectivity index (χ3n) is 4.26. The standard InChI is InChI=1S/C16H23NO2/c1-3-16(19,4-2)11-17-15(18)14-10-13(14)12-8-6-5-7-9-12/h5-9,13-14,19H,3-4,10-11H2,1-2H3,(H,17,18). The Balaban J connectivity index is 1.84. The lowest BCUT2D eigenvalue weighted by atomic mass is 9.97. The van der Waals surface area contributed by atoms with Crippen molar-refractivity contribution in [3.05, 3.63) is 35.9 Å². The normalized spacial score (nSPS) is 22.1. The van der Waals surface area contributed by atoms with Crippen LogP contribution in [0.5, 0.6) is 0 Å². The van der Waals surface area contributed by atoms with E-state index in [0.717, 1.165) is 6.42 Å². The molecule has 1 aromatic rings. The first kappa shape index (κ1) is 14.1. The molecule has 3 nitrogen and oxygen atoms in total. The van der Waals surface area contributed by atoms with Crippen LogP contribution in [-0.4, -0.2) is 23.2 Å². The van der Waals surface area contributed by atoms with Crippen LogP contribution in [0, 0.1) is 5.92 Å². The second kappa shape index (κ2) is 5.74. The number of hydrogen-bond donors (Lipinski definition) is 2. The van der Waals surface area contributed by atoms with Crippen molar-refractivity contribution in [2.24, 2.45) is 5.92 Å². The van der Waals surface area contributed by atoms with E-state index in [2.05, 4.69) is 17.4 Å². The Morgan fingerprint density at radius 2 is 1.95 bits per heavy atom. The molecule has 104 valence electrons. The molecule has 0 aliphatic heterocycles. The van der Waals surface area contributed by atoms with Gasteiger partial charge in [0.2, 0.25) is 5.91 Å². The molecule has 0 radical (unpaired) electrons. The van der Waals surface area contributed by atoms with E-state index in [1.54, 1.807) is 0 Å². The fourth-order valence-corrected chi connectivity index (χ4v) is 2.44. The van der Waals surface area contributed by atoms with E-state index in [4.69, 9.17) is 0 Å². The number of aliphatic hydroxyl groups is 1. The first-order valence-corrected chi connectivity index (χ1v) is 7.14. The van der Waals surface area contributed by atoms with Gasteiger partial charge in [0.25, 0.3) is 0 Å². The molecule has 0 aromatic heterocycles. The smallest absolute Gasteiger partial charge is 0.223 e. The molecule has 1 saturated carbocycles. The molecule has 0 bridgehead atoms. The summed E-state index contributed by atoms with van der Waals surface area (Å²) in [5, 5.41) is 13.0. The topological polar surface area (TPSA) is 49.3 Å². The number of carbonyl (C=O) groups excluding carboxylic acids is 1. The van der Waals surface area contributed by atoms with Crippen molar-refractivity contribution in [1.82, 2.24) is 5.32 Å². The summed E-state index contributed by atoms with van der Waals surface area (Å²) in [6.07, 6.45) is 2.25. The third-order valence-corrected chi connectivity index (χ3v) is 4.26. The summed E-state index contributed by atoms with van der Waals surface area (Å²) in [6.45, 7) is 4.25. The van der Waals surface area contributed by atoms with Crippen LogP contribution < -0.4 is 5.32 Å². The minimum absolute atomic E-state index is 0.0779. The van der Waals surface area contributed by atoms with Gasteiger partial charge in [0.15, 0.2) is 0 Å². The van der Waals surface area contributed by atoms with Gasteiger partial charge >= 0.3 is 0 Å². The highest BCUT2D eigenvalue weighted by atomic mass is 16.3. The summed E-state index contributed by atoms with van der Waals surface area (Å²) in [6, 6.07) is 10.2. The lowest BCUT2D eigenvalue weighted by Crippen LogP contribution is -2.42. The number of carbonyl (C=O) groups is 1. The molecule has 2 unspecified atom stereocenters. The van der Waals surface area contributed by atoms with Gasteiger partial charge in [-0.1, -0.05) is 44.2 Å². The van der Waals surface area contributed by atoms with Crippen LogP contribution in [0.15, 0.2) is 30.3 Å². The highest BCUT2D eigenvalue weighted by Crippen LogP contribution is 2.47. The first-order valence-electron chi connectivity index (χ1n) is 7.14. The summed E-state index contributed by atoms with van der Waals surface area (Å²) >= 11 is 0. The molecular weight excluding hydrogens is 238 g/mol. The highest BCUT2D eigenvalue weighted by Gasteiger charge is 2.44. The van der Waals surface area contributed by atoms with Crippen LogP contribution in [0.4, 0.5) is 0 Å². The van der Waals surface area contributed by atoms with Crippen LogP contribution in [-0.2, 0) is 4.79 Å². The number of nitrogens with one attached hydrogen (secondary N) is 1.